The number of ether oxygens (including phenoxy) is 1. The lowest BCUT2D eigenvalue weighted by Gasteiger charge is -2.36. The Hall–Kier alpha value is -2.86. The molecule has 1 fully saturated rings. The maximum atomic E-state index is 12.7. The van der Waals surface area contributed by atoms with Gasteiger partial charge in [-0.2, -0.15) is 0 Å². The van der Waals surface area contributed by atoms with Gasteiger partial charge in [0.15, 0.2) is 11.8 Å². The number of amides is 1. The highest BCUT2D eigenvalue weighted by Crippen LogP contribution is 2.19. The number of carbonyl (C=O) groups is 2. The fraction of sp³-hybridized carbons (Fsp3) is 0.364. The Bertz CT molecular complexity index is 827. The highest BCUT2D eigenvalue weighted by atomic mass is 16.5. The summed E-state index contributed by atoms with van der Waals surface area (Å²) in [6.45, 7) is 7.01. The fourth-order valence-corrected chi connectivity index (χ4v) is 3.60. The first-order chi connectivity index (χ1) is 13.5. The minimum atomic E-state index is -0.182. The van der Waals surface area contributed by atoms with Crippen LogP contribution in [0.5, 0.6) is 5.75 Å². The lowest BCUT2D eigenvalue weighted by atomic mass is 10.1. The molecule has 1 heterocycles. The largest absolute Gasteiger partial charge is 0.497 e. The number of quaternary nitrogens is 1. The fourth-order valence-electron chi connectivity index (χ4n) is 3.60. The minimum Gasteiger partial charge on any atom is -0.497 e. The number of para-hydroxylation sites is 1. The number of anilines is 2. The predicted octanol–water partition coefficient (Wildman–Crippen LogP) is 1.63. The number of piperazine rings is 1. The maximum absolute atomic E-state index is 12.7. The third-order valence-corrected chi connectivity index (χ3v) is 5.41. The van der Waals surface area contributed by atoms with E-state index in [9.17, 15) is 9.59 Å². The number of ketones is 1. The molecule has 3 rings (SSSR count). The molecule has 0 aromatic heterocycles. The van der Waals surface area contributed by atoms with E-state index in [2.05, 4.69) is 22.3 Å². The van der Waals surface area contributed by atoms with Gasteiger partial charge in [0, 0.05) is 11.3 Å². The van der Waals surface area contributed by atoms with Gasteiger partial charge in [-0.1, -0.05) is 12.1 Å². The molecule has 1 amide bonds. The summed E-state index contributed by atoms with van der Waals surface area (Å²) in [6.07, 6.45) is 0. The molecule has 148 valence electrons. The molecule has 1 atom stereocenters. The zero-order valence-corrected chi connectivity index (χ0v) is 16.7. The standard InChI is InChI=1S/C22H27N3O3/c1-16(22(27)23-21-7-5-4-6-20(21)17(2)26)24-12-14-25(15-13-24)18-8-10-19(28-3)11-9-18/h4-11,16H,12-15H2,1-3H3,(H,23,27)/p+1/t16-/m0/s1. The number of carbonyl (C=O) groups excluding carboxylic acids is 2. The third kappa shape index (κ3) is 4.51. The molecule has 1 aliphatic heterocycles. The van der Waals surface area contributed by atoms with Crippen molar-refractivity contribution in [3.05, 3.63) is 54.1 Å². The van der Waals surface area contributed by atoms with Crippen molar-refractivity contribution in [3.8, 4) is 5.75 Å². The monoisotopic (exact) mass is 382 g/mol. The van der Waals surface area contributed by atoms with E-state index >= 15 is 0 Å². The van der Waals surface area contributed by atoms with Crippen LogP contribution in [0.2, 0.25) is 0 Å². The van der Waals surface area contributed by atoms with Crippen LogP contribution in [0.15, 0.2) is 48.5 Å². The maximum Gasteiger partial charge on any atom is 0.282 e. The lowest BCUT2D eigenvalue weighted by Crippen LogP contribution is -3.19. The summed E-state index contributed by atoms with van der Waals surface area (Å²) in [4.78, 5) is 28.1. The second-order valence-electron chi connectivity index (χ2n) is 7.16. The van der Waals surface area contributed by atoms with Gasteiger partial charge < -0.3 is 19.9 Å². The molecular formula is C22H28N3O3+. The summed E-state index contributed by atoms with van der Waals surface area (Å²) in [5, 5.41) is 2.94. The van der Waals surface area contributed by atoms with Gasteiger partial charge in [0.1, 0.15) is 5.75 Å². The van der Waals surface area contributed by atoms with Crippen LogP contribution in [0.4, 0.5) is 11.4 Å². The van der Waals surface area contributed by atoms with Crippen LogP contribution in [-0.2, 0) is 4.79 Å². The molecule has 0 saturated carbocycles. The molecule has 2 N–H and O–H groups in total. The Labute approximate surface area is 166 Å². The van der Waals surface area contributed by atoms with E-state index < -0.39 is 0 Å². The van der Waals surface area contributed by atoms with E-state index in [1.807, 2.05) is 25.1 Å². The van der Waals surface area contributed by atoms with E-state index in [0.717, 1.165) is 31.9 Å². The number of nitrogens with zero attached hydrogens (tertiary/aromatic N) is 1. The van der Waals surface area contributed by atoms with Crippen molar-refractivity contribution < 1.29 is 19.2 Å². The van der Waals surface area contributed by atoms with Gasteiger partial charge in [-0.25, -0.2) is 0 Å². The van der Waals surface area contributed by atoms with Gasteiger partial charge in [0.2, 0.25) is 0 Å². The quantitative estimate of drug-likeness (QED) is 0.746. The smallest absolute Gasteiger partial charge is 0.282 e. The topological polar surface area (TPSA) is 63.1 Å². The van der Waals surface area contributed by atoms with Crippen molar-refractivity contribution >= 4 is 23.1 Å². The average molecular weight is 382 g/mol. The third-order valence-electron chi connectivity index (χ3n) is 5.41. The van der Waals surface area contributed by atoms with Gasteiger partial charge in [-0.3, -0.25) is 9.59 Å². The molecule has 1 saturated heterocycles. The molecule has 28 heavy (non-hydrogen) atoms. The van der Waals surface area contributed by atoms with E-state index in [1.165, 1.54) is 17.5 Å². The number of Topliss-reactive ketones (excluding diaryl/α,β-unsaturated/α-hetero) is 1. The van der Waals surface area contributed by atoms with Crippen LogP contribution in [0.3, 0.4) is 0 Å². The molecule has 2 aromatic rings. The van der Waals surface area contributed by atoms with E-state index in [1.54, 1.807) is 25.3 Å². The summed E-state index contributed by atoms with van der Waals surface area (Å²) >= 11 is 0. The molecular weight excluding hydrogens is 354 g/mol. The highest BCUT2D eigenvalue weighted by Gasteiger charge is 2.29. The summed E-state index contributed by atoms with van der Waals surface area (Å²) < 4.78 is 5.22. The van der Waals surface area contributed by atoms with Crippen molar-refractivity contribution in [2.75, 3.05) is 43.5 Å². The normalized spacial score (nSPS) is 15.8. The van der Waals surface area contributed by atoms with Crippen molar-refractivity contribution in [1.82, 2.24) is 0 Å². The van der Waals surface area contributed by atoms with Gasteiger partial charge in [0.25, 0.3) is 5.91 Å². The van der Waals surface area contributed by atoms with Crippen molar-refractivity contribution in [2.24, 2.45) is 0 Å². The molecule has 0 unspecified atom stereocenters. The zero-order valence-electron chi connectivity index (χ0n) is 16.7. The molecule has 0 spiro atoms. The number of nitrogens with one attached hydrogen (secondary N) is 2. The summed E-state index contributed by atoms with van der Waals surface area (Å²) in [6, 6.07) is 15.0. The van der Waals surface area contributed by atoms with Crippen LogP contribution in [-0.4, -0.2) is 51.0 Å². The molecule has 0 bridgehead atoms. The zero-order chi connectivity index (χ0) is 20.1. The van der Waals surface area contributed by atoms with Gasteiger partial charge in [0.05, 0.1) is 39.0 Å². The second kappa shape index (κ2) is 8.89. The summed E-state index contributed by atoms with van der Waals surface area (Å²) in [5.41, 5.74) is 2.30. The van der Waals surface area contributed by atoms with Crippen molar-refractivity contribution in [1.29, 1.82) is 0 Å². The molecule has 6 nitrogen and oxygen atoms in total. The summed E-state index contributed by atoms with van der Waals surface area (Å²) in [5.74, 6) is 0.745. The Morgan fingerprint density at radius 2 is 1.71 bits per heavy atom. The van der Waals surface area contributed by atoms with Crippen LogP contribution in [0, 0.1) is 0 Å². The number of methoxy groups -OCH3 is 1. The Kier molecular flexibility index (Phi) is 6.31. The second-order valence-corrected chi connectivity index (χ2v) is 7.16. The molecule has 0 radical (unpaired) electrons. The van der Waals surface area contributed by atoms with Crippen LogP contribution >= 0.6 is 0 Å². The van der Waals surface area contributed by atoms with E-state index in [0.29, 0.717) is 11.3 Å². The van der Waals surface area contributed by atoms with Crippen molar-refractivity contribution in [3.63, 3.8) is 0 Å². The van der Waals surface area contributed by atoms with Gasteiger partial charge >= 0.3 is 0 Å². The number of benzene rings is 2. The van der Waals surface area contributed by atoms with Crippen molar-refractivity contribution in [2.45, 2.75) is 19.9 Å². The molecule has 6 heteroatoms. The van der Waals surface area contributed by atoms with Gasteiger partial charge in [-0.05, 0) is 50.2 Å². The predicted molar refractivity (Wildman–Crippen MR) is 110 cm³/mol. The van der Waals surface area contributed by atoms with Crippen LogP contribution in [0.1, 0.15) is 24.2 Å². The van der Waals surface area contributed by atoms with E-state index in [-0.39, 0.29) is 17.7 Å². The molecule has 1 aliphatic rings. The summed E-state index contributed by atoms with van der Waals surface area (Å²) in [7, 11) is 1.67. The van der Waals surface area contributed by atoms with Crippen LogP contribution < -0.4 is 19.9 Å². The first-order valence-electron chi connectivity index (χ1n) is 9.64. The van der Waals surface area contributed by atoms with Gasteiger partial charge in [-0.15, -0.1) is 0 Å². The first kappa shape index (κ1) is 19.9. The highest BCUT2D eigenvalue weighted by molar-refractivity contribution is 6.04. The Morgan fingerprint density at radius 1 is 1.07 bits per heavy atom. The SMILES string of the molecule is COc1ccc(N2CC[NH+]([C@@H](C)C(=O)Nc3ccccc3C(C)=O)CC2)cc1. The Morgan fingerprint density at radius 3 is 2.32 bits per heavy atom. The van der Waals surface area contributed by atoms with E-state index in [4.69, 9.17) is 4.74 Å². The minimum absolute atomic E-state index is 0.0518. The van der Waals surface area contributed by atoms with Crippen LogP contribution in [0.25, 0.3) is 0 Å². The lowest BCUT2D eigenvalue weighted by molar-refractivity contribution is -0.914. The number of hydrogen-bond acceptors (Lipinski definition) is 4. The number of rotatable bonds is 6. The number of hydrogen-bond donors (Lipinski definition) is 2. The average Bonchev–Trinajstić information content (AvgIpc) is 2.73. The molecule has 0 aliphatic carbocycles. The molecule has 2 aromatic carbocycles. The first-order valence-corrected chi connectivity index (χ1v) is 9.64. The Balaban J connectivity index is 1.58.